The monoisotopic (exact) mass is 448 g/mol. The Morgan fingerprint density at radius 2 is 2.04 bits per heavy atom. The normalized spacial score (nSPS) is 16.8. The largest absolute Gasteiger partial charge is 0.353 e. The second kappa shape index (κ2) is 8.75. The van der Waals surface area contributed by atoms with Crippen LogP contribution in [0.5, 0.6) is 0 Å². The molecule has 3 nitrogen and oxygen atoms in total. The number of Topliss-reactive ketones (excluding diaryl/α,β-unsaturated/α-hetero) is 1. The fourth-order valence-electron chi connectivity index (χ4n) is 3.22. The maximum Gasteiger partial charge on any atom is 0.158 e. The van der Waals surface area contributed by atoms with Gasteiger partial charge in [0.1, 0.15) is 0 Å². The Morgan fingerprint density at radius 1 is 1.29 bits per heavy atom. The lowest BCUT2D eigenvalue weighted by Gasteiger charge is -2.29. The van der Waals surface area contributed by atoms with Crippen molar-refractivity contribution in [3.8, 4) is 6.07 Å². The van der Waals surface area contributed by atoms with Crippen LogP contribution in [0.1, 0.15) is 35.8 Å². The molecule has 1 aromatic carbocycles. The van der Waals surface area contributed by atoms with Crippen molar-refractivity contribution in [1.29, 1.82) is 5.26 Å². The van der Waals surface area contributed by atoms with E-state index in [2.05, 4.69) is 11.4 Å². The zero-order chi connectivity index (χ0) is 20.4. The molecule has 1 unspecified atom stereocenters. The van der Waals surface area contributed by atoms with Crippen LogP contribution >= 0.6 is 46.3 Å². The van der Waals surface area contributed by atoms with Crippen LogP contribution in [0.4, 0.5) is 0 Å². The van der Waals surface area contributed by atoms with Crippen LogP contribution in [0.15, 0.2) is 51.5 Å². The molecule has 0 fully saturated rings. The molecule has 0 spiro atoms. The van der Waals surface area contributed by atoms with Gasteiger partial charge in [0.15, 0.2) is 5.78 Å². The second-order valence-corrected chi connectivity index (χ2v) is 9.26. The van der Waals surface area contributed by atoms with Gasteiger partial charge in [-0.15, -0.1) is 23.1 Å². The van der Waals surface area contributed by atoms with Crippen LogP contribution in [0.2, 0.25) is 10.0 Å². The number of nitrogens with one attached hydrogen (secondary N) is 1. The quantitative estimate of drug-likeness (QED) is 0.560. The lowest BCUT2D eigenvalue weighted by molar-refractivity contribution is -0.113. The van der Waals surface area contributed by atoms with Crippen LogP contribution in [0.3, 0.4) is 0 Å². The molecule has 1 N–H and O–H groups in total. The lowest BCUT2D eigenvalue weighted by atomic mass is 9.84. The first-order valence-corrected chi connectivity index (χ1v) is 11.2. The Bertz CT molecular complexity index is 1050. The molecule has 1 aliphatic heterocycles. The molecular weight excluding hydrogens is 431 g/mol. The van der Waals surface area contributed by atoms with Crippen molar-refractivity contribution in [2.24, 2.45) is 0 Å². The number of aryl methyl sites for hydroxylation is 1. The van der Waals surface area contributed by atoms with Crippen LogP contribution in [0.25, 0.3) is 0 Å². The molecular formula is C21H18Cl2N2OS2. The first-order valence-electron chi connectivity index (χ1n) is 8.57. The summed E-state index contributed by atoms with van der Waals surface area (Å²) >= 11 is 15.2. The Balaban J connectivity index is 1.99. The third-order valence-electron chi connectivity index (χ3n) is 4.56. The predicted molar refractivity (Wildman–Crippen MR) is 119 cm³/mol. The van der Waals surface area contributed by atoms with Crippen molar-refractivity contribution in [3.05, 3.63) is 77.6 Å². The minimum absolute atomic E-state index is 0.0240. The van der Waals surface area contributed by atoms with Crippen molar-refractivity contribution in [3.63, 3.8) is 0 Å². The molecule has 0 saturated carbocycles. The maximum atomic E-state index is 12.4. The molecule has 28 heavy (non-hydrogen) atoms. The van der Waals surface area contributed by atoms with Gasteiger partial charge in [0.05, 0.1) is 32.6 Å². The Kier molecular flexibility index (Phi) is 6.57. The number of carbonyl (C=O) groups excluding carboxylic acids is 1. The third kappa shape index (κ3) is 4.16. The number of thiophene rings is 1. The minimum atomic E-state index is -0.333. The third-order valence-corrected chi connectivity index (χ3v) is 7.47. The zero-order valence-corrected chi connectivity index (χ0v) is 18.7. The Hall–Kier alpha value is -1.71. The van der Waals surface area contributed by atoms with Gasteiger partial charge in [-0.1, -0.05) is 29.3 Å². The van der Waals surface area contributed by atoms with E-state index in [1.807, 2.05) is 37.4 Å². The van der Waals surface area contributed by atoms with Crippen LogP contribution in [-0.2, 0) is 10.5 Å². The number of halogens is 2. The molecule has 144 valence electrons. The molecule has 2 aromatic rings. The second-order valence-electron chi connectivity index (χ2n) is 6.51. The van der Waals surface area contributed by atoms with Crippen LogP contribution < -0.4 is 5.32 Å². The lowest BCUT2D eigenvalue weighted by Crippen LogP contribution is -2.26. The van der Waals surface area contributed by atoms with Gasteiger partial charge in [-0.2, -0.15) is 5.26 Å². The van der Waals surface area contributed by atoms with Gasteiger partial charge in [-0.05, 0) is 55.5 Å². The number of hydrogen-bond donors (Lipinski definition) is 1. The Morgan fingerprint density at radius 3 is 2.61 bits per heavy atom. The van der Waals surface area contributed by atoms with Crippen molar-refractivity contribution in [2.75, 3.05) is 0 Å². The summed E-state index contributed by atoms with van der Waals surface area (Å²) in [5.74, 6) is 0.271. The summed E-state index contributed by atoms with van der Waals surface area (Å²) in [6.07, 6.45) is 0. The van der Waals surface area contributed by atoms with E-state index in [9.17, 15) is 10.1 Å². The highest BCUT2D eigenvalue weighted by Gasteiger charge is 2.34. The summed E-state index contributed by atoms with van der Waals surface area (Å²) in [7, 11) is 0. The number of nitriles is 1. The van der Waals surface area contributed by atoms with Gasteiger partial charge in [0, 0.05) is 21.9 Å². The van der Waals surface area contributed by atoms with Crippen molar-refractivity contribution < 1.29 is 4.79 Å². The number of ketones is 1. The summed E-state index contributed by atoms with van der Waals surface area (Å²) in [6, 6.07) is 9.89. The summed E-state index contributed by atoms with van der Waals surface area (Å²) in [6.45, 7) is 5.46. The molecule has 0 saturated heterocycles. The summed E-state index contributed by atoms with van der Waals surface area (Å²) < 4.78 is 0. The molecule has 0 radical (unpaired) electrons. The van der Waals surface area contributed by atoms with E-state index in [0.717, 1.165) is 26.7 Å². The zero-order valence-electron chi connectivity index (χ0n) is 15.6. The number of hydrogen-bond acceptors (Lipinski definition) is 5. The van der Waals surface area contributed by atoms with Gasteiger partial charge >= 0.3 is 0 Å². The number of benzene rings is 1. The molecule has 7 heteroatoms. The van der Waals surface area contributed by atoms with Gasteiger partial charge in [0.2, 0.25) is 0 Å². The van der Waals surface area contributed by atoms with Gasteiger partial charge in [-0.3, -0.25) is 4.79 Å². The molecule has 3 rings (SSSR count). The Labute approximate surface area is 183 Å². The number of rotatable bonds is 5. The topological polar surface area (TPSA) is 52.9 Å². The van der Waals surface area contributed by atoms with Gasteiger partial charge < -0.3 is 5.32 Å². The highest BCUT2D eigenvalue weighted by Crippen LogP contribution is 2.44. The fourth-order valence-corrected chi connectivity index (χ4v) is 5.62. The van der Waals surface area contributed by atoms with Crippen LogP contribution in [-0.4, -0.2) is 5.78 Å². The average molecular weight is 449 g/mol. The van der Waals surface area contributed by atoms with E-state index in [1.165, 1.54) is 11.8 Å². The van der Waals surface area contributed by atoms with E-state index in [4.69, 9.17) is 23.2 Å². The van der Waals surface area contributed by atoms with Gasteiger partial charge in [-0.25, -0.2) is 0 Å². The van der Waals surface area contributed by atoms with E-state index < -0.39 is 0 Å². The van der Waals surface area contributed by atoms with Crippen molar-refractivity contribution in [2.45, 2.75) is 32.4 Å². The molecule has 1 atom stereocenters. The number of dihydropyridines is 1. The first kappa shape index (κ1) is 21.0. The fraction of sp³-hybridized carbons (Fsp3) is 0.238. The van der Waals surface area contributed by atoms with E-state index in [-0.39, 0.29) is 11.7 Å². The SMILES string of the molecule is CC(=O)C1=C(C)NC(SCc2ccc(Cl)c(Cl)c2)=C(C#N)C1c1sccc1C. The molecule has 1 aliphatic rings. The average Bonchev–Trinajstić information content (AvgIpc) is 3.07. The minimum Gasteiger partial charge on any atom is -0.353 e. The highest BCUT2D eigenvalue weighted by atomic mass is 35.5. The number of allylic oxidation sites excluding steroid dienone is 3. The highest BCUT2D eigenvalue weighted by molar-refractivity contribution is 8.02. The van der Waals surface area contributed by atoms with E-state index >= 15 is 0 Å². The van der Waals surface area contributed by atoms with Crippen LogP contribution in [0, 0.1) is 18.3 Å². The molecule has 2 heterocycles. The standard InChI is InChI=1S/C21H18Cl2N2OS2/c1-11-6-7-27-20(11)19-15(9-24)21(25-12(2)18(19)13(3)26)28-10-14-4-5-16(22)17(23)8-14/h4-8,19,25H,10H2,1-3H3. The summed E-state index contributed by atoms with van der Waals surface area (Å²) in [5, 5.41) is 17.0. The van der Waals surface area contributed by atoms with E-state index in [0.29, 0.717) is 26.9 Å². The van der Waals surface area contributed by atoms with Crippen molar-refractivity contribution in [1.82, 2.24) is 5.32 Å². The maximum absolute atomic E-state index is 12.4. The summed E-state index contributed by atoms with van der Waals surface area (Å²) in [4.78, 5) is 13.4. The number of nitrogens with zero attached hydrogens (tertiary/aromatic N) is 1. The smallest absolute Gasteiger partial charge is 0.158 e. The van der Waals surface area contributed by atoms with E-state index in [1.54, 1.807) is 24.3 Å². The molecule has 1 aromatic heterocycles. The van der Waals surface area contributed by atoms with Gasteiger partial charge in [0.25, 0.3) is 0 Å². The first-order chi connectivity index (χ1) is 13.3. The number of thioether (sulfide) groups is 1. The molecule has 0 bridgehead atoms. The number of carbonyl (C=O) groups is 1. The van der Waals surface area contributed by atoms with Crippen molar-refractivity contribution >= 4 is 52.1 Å². The molecule has 0 aliphatic carbocycles. The summed E-state index contributed by atoms with van der Waals surface area (Å²) in [5.41, 5.74) is 4.12. The predicted octanol–water partition coefficient (Wildman–Crippen LogP) is 6.58. The molecule has 0 amide bonds.